The van der Waals surface area contributed by atoms with Crippen molar-refractivity contribution in [1.29, 1.82) is 0 Å². The zero-order chi connectivity index (χ0) is 14.3. The van der Waals surface area contributed by atoms with Crippen LogP contribution in [0.3, 0.4) is 0 Å². The summed E-state index contributed by atoms with van der Waals surface area (Å²) in [7, 11) is 0. The van der Waals surface area contributed by atoms with Gasteiger partial charge in [-0.15, -0.1) is 0 Å². The number of alkyl halides is 2. The van der Waals surface area contributed by atoms with Gasteiger partial charge in [0, 0.05) is 17.8 Å². The summed E-state index contributed by atoms with van der Waals surface area (Å²) in [6.07, 6.45) is 0. The maximum atomic E-state index is 10.7. The molecular weight excluding hydrogens is 299 g/mol. The number of hydrogen-bond acceptors (Lipinski definition) is 3. The number of hydrogen-bond donors (Lipinski definition) is 0. The maximum Gasteiger partial charge on any atom is 0.269 e. The summed E-state index contributed by atoms with van der Waals surface area (Å²) in [5.74, 6) is 0. The van der Waals surface area contributed by atoms with Crippen LogP contribution in [-0.4, -0.2) is 9.38 Å². The average Bonchev–Trinajstić information content (AvgIpc) is 3.02. The van der Waals surface area contributed by atoms with Gasteiger partial charge < -0.3 is 4.90 Å². The van der Waals surface area contributed by atoms with E-state index in [0.29, 0.717) is 0 Å². The highest BCUT2D eigenvalue weighted by atomic mass is 35.5. The van der Waals surface area contributed by atoms with Crippen LogP contribution in [0.25, 0.3) is 0 Å². The van der Waals surface area contributed by atoms with Crippen LogP contribution in [0.5, 0.6) is 0 Å². The number of nitrogens with zero attached hydrogens (tertiary/aromatic N) is 2. The lowest BCUT2D eigenvalue weighted by molar-refractivity contribution is -0.384. The van der Waals surface area contributed by atoms with Crippen LogP contribution in [0.1, 0.15) is 11.6 Å². The Morgan fingerprint density at radius 3 is 2.20 bits per heavy atom. The lowest BCUT2D eigenvalue weighted by atomic mass is 10.1. The molecule has 0 amide bonds. The molecule has 3 rings (SSSR count). The van der Waals surface area contributed by atoms with Crippen LogP contribution in [-0.2, 0) is 0 Å². The maximum absolute atomic E-state index is 10.7. The molecule has 0 radical (unpaired) electrons. The summed E-state index contributed by atoms with van der Waals surface area (Å²) < 4.78 is -1.02. The van der Waals surface area contributed by atoms with Crippen molar-refractivity contribution in [2.75, 3.05) is 4.90 Å². The lowest BCUT2D eigenvalue weighted by Gasteiger charge is -2.05. The van der Waals surface area contributed by atoms with Gasteiger partial charge in [0.25, 0.3) is 5.69 Å². The molecule has 1 atom stereocenters. The Kier molecular flexibility index (Phi) is 3.07. The molecule has 2 aromatic carbocycles. The Morgan fingerprint density at radius 1 is 1.05 bits per heavy atom. The minimum Gasteiger partial charge on any atom is -0.326 e. The molecule has 4 nitrogen and oxygen atoms in total. The second-order valence-electron chi connectivity index (χ2n) is 4.54. The molecule has 0 aromatic heterocycles. The highest BCUT2D eigenvalue weighted by molar-refractivity contribution is 6.53. The summed E-state index contributed by atoms with van der Waals surface area (Å²) in [6, 6.07) is 15.7. The van der Waals surface area contributed by atoms with Crippen molar-refractivity contribution in [3.05, 3.63) is 70.3 Å². The summed E-state index contributed by atoms with van der Waals surface area (Å²) in [6.45, 7) is 0. The van der Waals surface area contributed by atoms with E-state index in [1.165, 1.54) is 12.1 Å². The van der Waals surface area contributed by atoms with Gasteiger partial charge in [-0.2, -0.15) is 0 Å². The van der Waals surface area contributed by atoms with Gasteiger partial charge in [0.05, 0.1) is 4.92 Å². The SMILES string of the molecule is O=[N+]([O-])c1ccc(N2[C@H](c3ccccc3)C2(Cl)Cl)cc1. The largest absolute Gasteiger partial charge is 0.326 e. The Hall–Kier alpha value is -1.78. The van der Waals surface area contributed by atoms with Crippen molar-refractivity contribution in [1.82, 2.24) is 0 Å². The molecule has 0 unspecified atom stereocenters. The van der Waals surface area contributed by atoms with Gasteiger partial charge in [-0.05, 0) is 17.7 Å². The Bertz CT molecular complexity index is 644. The van der Waals surface area contributed by atoms with E-state index in [9.17, 15) is 10.1 Å². The third-order valence-electron chi connectivity index (χ3n) is 3.29. The zero-order valence-corrected chi connectivity index (χ0v) is 11.8. The summed E-state index contributed by atoms with van der Waals surface area (Å²) in [4.78, 5) is 12.0. The zero-order valence-electron chi connectivity index (χ0n) is 10.2. The van der Waals surface area contributed by atoms with Crippen molar-refractivity contribution in [2.45, 2.75) is 10.5 Å². The summed E-state index contributed by atoms with van der Waals surface area (Å²) >= 11 is 12.6. The molecule has 1 saturated heterocycles. The van der Waals surface area contributed by atoms with Crippen LogP contribution >= 0.6 is 23.2 Å². The second-order valence-corrected chi connectivity index (χ2v) is 5.89. The minimum absolute atomic E-state index is 0.0432. The lowest BCUT2D eigenvalue weighted by Crippen LogP contribution is -2.01. The number of anilines is 1. The molecule has 1 aliphatic rings. The van der Waals surface area contributed by atoms with Gasteiger partial charge in [0.2, 0.25) is 4.46 Å². The topological polar surface area (TPSA) is 46.1 Å². The van der Waals surface area contributed by atoms with Crippen molar-refractivity contribution in [2.24, 2.45) is 0 Å². The van der Waals surface area contributed by atoms with Gasteiger partial charge >= 0.3 is 0 Å². The van der Waals surface area contributed by atoms with E-state index in [-0.39, 0.29) is 11.7 Å². The monoisotopic (exact) mass is 308 g/mol. The number of nitro groups is 1. The van der Waals surface area contributed by atoms with Gasteiger partial charge in [-0.1, -0.05) is 53.5 Å². The Labute approximate surface area is 125 Å². The first-order valence-corrected chi connectivity index (χ1v) is 6.74. The fourth-order valence-corrected chi connectivity index (χ4v) is 3.03. The first-order valence-electron chi connectivity index (χ1n) is 5.98. The van der Waals surface area contributed by atoms with Gasteiger partial charge in [0.15, 0.2) is 0 Å². The molecule has 0 saturated carbocycles. The van der Waals surface area contributed by atoms with E-state index in [0.717, 1.165) is 11.3 Å². The predicted molar refractivity (Wildman–Crippen MR) is 79.2 cm³/mol. The fraction of sp³-hybridized carbons (Fsp3) is 0.143. The molecule has 1 fully saturated rings. The number of halogens is 2. The molecule has 0 aliphatic carbocycles. The van der Waals surface area contributed by atoms with Gasteiger partial charge in [0.1, 0.15) is 6.04 Å². The van der Waals surface area contributed by atoms with Crippen LogP contribution in [0, 0.1) is 10.1 Å². The molecular formula is C14H10Cl2N2O2. The Balaban J connectivity index is 1.89. The Morgan fingerprint density at radius 2 is 1.65 bits per heavy atom. The van der Waals surface area contributed by atoms with Crippen LogP contribution < -0.4 is 4.90 Å². The van der Waals surface area contributed by atoms with Crippen LogP contribution in [0.4, 0.5) is 11.4 Å². The summed E-state index contributed by atoms with van der Waals surface area (Å²) in [5, 5.41) is 10.7. The molecule has 0 bridgehead atoms. The first kappa shape index (κ1) is 13.2. The van der Waals surface area contributed by atoms with Crippen molar-refractivity contribution < 1.29 is 4.92 Å². The molecule has 0 N–H and O–H groups in total. The van der Waals surface area contributed by atoms with E-state index < -0.39 is 9.38 Å². The number of rotatable bonds is 3. The predicted octanol–water partition coefficient (Wildman–Crippen LogP) is 4.29. The molecule has 1 heterocycles. The van der Waals surface area contributed by atoms with E-state index in [1.807, 2.05) is 35.2 Å². The van der Waals surface area contributed by atoms with Crippen LogP contribution in [0.15, 0.2) is 54.6 Å². The van der Waals surface area contributed by atoms with Crippen LogP contribution in [0.2, 0.25) is 0 Å². The normalized spacial score (nSPS) is 19.7. The second kappa shape index (κ2) is 4.65. The standard InChI is InChI=1S/C14H10Cl2N2O2/c15-14(16)13(10-4-2-1-3-5-10)17(14)11-6-8-12(9-7-11)18(19)20/h1-9,13H/t13-,17?/m1/s1. The summed E-state index contributed by atoms with van der Waals surface area (Å²) in [5.41, 5.74) is 1.81. The van der Waals surface area contributed by atoms with Gasteiger partial charge in [-0.3, -0.25) is 10.1 Å². The van der Waals surface area contributed by atoms with E-state index in [4.69, 9.17) is 23.2 Å². The number of benzene rings is 2. The third kappa shape index (κ3) is 2.11. The van der Waals surface area contributed by atoms with Crippen molar-refractivity contribution in [3.63, 3.8) is 0 Å². The highest BCUT2D eigenvalue weighted by Gasteiger charge is 2.62. The molecule has 0 spiro atoms. The quantitative estimate of drug-likeness (QED) is 0.279. The first-order chi connectivity index (χ1) is 9.51. The van der Waals surface area contributed by atoms with E-state index in [1.54, 1.807) is 12.1 Å². The average molecular weight is 309 g/mol. The minimum atomic E-state index is -1.02. The van der Waals surface area contributed by atoms with E-state index in [2.05, 4.69) is 0 Å². The fourth-order valence-electron chi connectivity index (χ4n) is 2.29. The number of nitro benzene ring substituents is 1. The molecule has 2 aromatic rings. The molecule has 20 heavy (non-hydrogen) atoms. The highest BCUT2D eigenvalue weighted by Crippen LogP contribution is 2.61. The molecule has 102 valence electrons. The third-order valence-corrected chi connectivity index (χ3v) is 4.07. The molecule has 1 aliphatic heterocycles. The van der Waals surface area contributed by atoms with E-state index >= 15 is 0 Å². The number of non-ortho nitro benzene ring substituents is 1. The molecule has 6 heteroatoms. The smallest absolute Gasteiger partial charge is 0.269 e. The van der Waals surface area contributed by atoms with Crippen molar-refractivity contribution >= 4 is 34.6 Å². The van der Waals surface area contributed by atoms with Crippen molar-refractivity contribution in [3.8, 4) is 0 Å². The van der Waals surface area contributed by atoms with Gasteiger partial charge in [-0.25, -0.2) is 0 Å².